The molecule has 1 N–H and O–H groups in total. The fourth-order valence-corrected chi connectivity index (χ4v) is 2.79. The van der Waals surface area contributed by atoms with E-state index in [4.69, 9.17) is 23.2 Å². The van der Waals surface area contributed by atoms with Crippen LogP contribution in [0.1, 0.15) is 38.2 Å². The van der Waals surface area contributed by atoms with Crippen molar-refractivity contribution in [2.24, 2.45) is 5.92 Å². The summed E-state index contributed by atoms with van der Waals surface area (Å²) in [6.07, 6.45) is 5.22. The van der Waals surface area contributed by atoms with Gasteiger partial charge in [0.25, 0.3) is 0 Å². The quantitative estimate of drug-likeness (QED) is 0.843. The van der Waals surface area contributed by atoms with Crippen molar-refractivity contribution in [2.45, 2.75) is 45.2 Å². The lowest BCUT2D eigenvalue weighted by molar-refractivity contribution is 0.306. The molecule has 0 aromatic heterocycles. The highest BCUT2D eigenvalue weighted by molar-refractivity contribution is 6.42. The summed E-state index contributed by atoms with van der Waals surface area (Å²) in [5.74, 6) is 0.891. The van der Waals surface area contributed by atoms with Crippen LogP contribution in [-0.2, 0) is 6.54 Å². The molecule has 94 valence electrons. The van der Waals surface area contributed by atoms with E-state index in [1.807, 2.05) is 18.2 Å². The maximum absolute atomic E-state index is 6.16. The molecule has 1 aliphatic carbocycles. The average molecular weight is 272 g/mol. The summed E-state index contributed by atoms with van der Waals surface area (Å²) in [5, 5.41) is 4.91. The fraction of sp³-hybridized carbons (Fsp3) is 0.571. The molecule has 0 unspecified atom stereocenters. The Morgan fingerprint density at radius 2 is 1.88 bits per heavy atom. The van der Waals surface area contributed by atoms with Gasteiger partial charge in [-0.15, -0.1) is 0 Å². The number of nitrogens with one attached hydrogen (secondary N) is 1. The van der Waals surface area contributed by atoms with Crippen LogP contribution >= 0.6 is 23.2 Å². The number of halogens is 2. The van der Waals surface area contributed by atoms with E-state index >= 15 is 0 Å². The molecule has 2 rings (SSSR count). The van der Waals surface area contributed by atoms with Crippen molar-refractivity contribution in [3.63, 3.8) is 0 Å². The molecule has 1 saturated carbocycles. The molecular formula is C14H19Cl2N. The Kier molecular flexibility index (Phi) is 4.72. The smallest absolute Gasteiger partial charge is 0.0637 e. The van der Waals surface area contributed by atoms with Crippen molar-refractivity contribution >= 4 is 23.2 Å². The minimum absolute atomic E-state index is 0.640. The van der Waals surface area contributed by atoms with E-state index in [1.54, 1.807) is 0 Å². The first kappa shape index (κ1) is 13.2. The molecule has 1 fully saturated rings. The predicted octanol–water partition coefficient (Wildman–Crippen LogP) is 4.66. The lowest BCUT2D eigenvalue weighted by atomic mass is 9.87. The Hall–Kier alpha value is -0.240. The first-order chi connectivity index (χ1) is 8.16. The summed E-state index contributed by atoms with van der Waals surface area (Å²) in [5.41, 5.74) is 1.10. The molecule has 0 radical (unpaired) electrons. The van der Waals surface area contributed by atoms with Gasteiger partial charge in [0.15, 0.2) is 0 Å². The largest absolute Gasteiger partial charge is 0.310 e. The van der Waals surface area contributed by atoms with Crippen molar-refractivity contribution < 1.29 is 0 Å². The third-order valence-corrected chi connectivity index (χ3v) is 4.49. The molecule has 0 atom stereocenters. The van der Waals surface area contributed by atoms with Crippen molar-refractivity contribution in [2.75, 3.05) is 0 Å². The minimum Gasteiger partial charge on any atom is -0.310 e. The lowest BCUT2D eigenvalue weighted by Gasteiger charge is -2.27. The van der Waals surface area contributed by atoms with Crippen LogP contribution in [0.3, 0.4) is 0 Å². The monoisotopic (exact) mass is 271 g/mol. The zero-order valence-electron chi connectivity index (χ0n) is 10.2. The van der Waals surface area contributed by atoms with Crippen LogP contribution in [0, 0.1) is 5.92 Å². The molecule has 0 spiro atoms. The number of hydrogen-bond donors (Lipinski definition) is 1. The molecule has 1 aromatic carbocycles. The van der Waals surface area contributed by atoms with E-state index in [9.17, 15) is 0 Å². The van der Waals surface area contributed by atoms with E-state index < -0.39 is 0 Å². The molecule has 1 aromatic rings. The van der Waals surface area contributed by atoms with Crippen LogP contribution in [0.15, 0.2) is 18.2 Å². The molecule has 0 amide bonds. The lowest BCUT2D eigenvalue weighted by Crippen LogP contribution is -2.32. The van der Waals surface area contributed by atoms with E-state index in [0.717, 1.165) is 18.0 Å². The highest BCUT2D eigenvalue weighted by Crippen LogP contribution is 2.27. The molecule has 3 heteroatoms. The predicted molar refractivity (Wildman–Crippen MR) is 74.7 cm³/mol. The van der Waals surface area contributed by atoms with Gasteiger partial charge in [0.2, 0.25) is 0 Å². The van der Waals surface area contributed by atoms with Gasteiger partial charge in [-0.1, -0.05) is 42.3 Å². The van der Waals surface area contributed by atoms with Gasteiger partial charge in [-0.3, -0.25) is 0 Å². The zero-order valence-corrected chi connectivity index (χ0v) is 11.7. The van der Waals surface area contributed by atoms with Crippen molar-refractivity contribution in [1.82, 2.24) is 5.32 Å². The summed E-state index contributed by atoms with van der Waals surface area (Å²) in [7, 11) is 0. The number of hydrogen-bond acceptors (Lipinski definition) is 1. The number of rotatable bonds is 3. The first-order valence-corrected chi connectivity index (χ1v) is 7.08. The Balaban J connectivity index is 1.87. The molecular weight excluding hydrogens is 253 g/mol. The van der Waals surface area contributed by atoms with Crippen LogP contribution in [0.5, 0.6) is 0 Å². The summed E-state index contributed by atoms with van der Waals surface area (Å²) < 4.78 is 0. The number of benzene rings is 1. The second-order valence-corrected chi connectivity index (χ2v) is 5.84. The molecule has 17 heavy (non-hydrogen) atoms. The average Bonchev–Trinajstić information content (AvgIpc) is 2.33. The molecule has 1 nitrogen and oxygen atoms in total. The van der Waals surface area contributed by atoms with Gasteiger partial charge in [0, 0.05) is 12.6 Å². The summed E-state index contributed by atoms with van der Waals surface area (Å²) in [6, 6.07) is 6.46. The molecule has 0 saturated heterocycles. The van der Waals surface area contributed by atoms with Gasteiger partial charge >= 0.3 is 0 Å². The summed E-state index contributed by atoms with van der Waals surface area (Å²) in [4.78, 5) is 0. The zero-order chi connectivity index (χ0) is 12.3. The fourth-order valence-electron chi connectivity index (χ4n) is 2.40. The van der Waals surface area contributed by atoms with E-state index in [0.29, 0.717) is 16.1 Å². The second-order valence-electron chi connectivity index (χ2n) is 5.05. The van der Waals surface area contributed by atoms with Gasteiger partial charge in [-0.2, -0.15) is 0 Å². The van der Waals surface area contributed by atoms with E-state index in [-0.39, 0.29) is 0 Å². The van der Waals surface area contributed by atoms with Crippen molar-refractivity contribution in [1.29, 1.82) is 0 Å². The maximum Gasteiger partial charge on any atom is 0.0637 e. The van der Waals surface area contributed by atoms with Crippen molar-refractivity contribution in [3.05, 3.63) is 33.8 Å². The van der Waals surface area contributed by atoms with E-state index in [2.05, 4.69) is 12.2 Å². The molecule has 0 heterocycles. The summed E-state index contributed by atoms with van der Waals surface area (Å²) in [6.45, 7) is 3.16. The Bertz CT molecular complexity index is 370. The highest BCUT2D eigenvalue weighted by atomic mass is 35.5. The van der Waals surface area contributed by atoms with Gasteiger partial charge < -0.3 is 5.32 Å². The molecule has 1 aliphatic rings. The van der Waals surface area contributed by atoms with Crippen LogP contribution in [0.2, 0.25) is 10.0 Å². The summed E-state index contributed by atoms with van der Waals surface area (Å²) >= 11 is 12.2. The third kappa shape index (κ3) is 3.61. The molecule has 0 aliphatic heterocycles. The first-order valence-electron chi connectivity index (χ1n) is 6.33. The third-order valence-electron chi connectivity index (χ3n) is 3.63. The van der Waals surface area contributed by atoms with Crippen LogP contribution in [0.4, 0.5) is 0 Å². The Labute approximate surface area is 114 Å². The van der Waals surface area contributed by atoms with Crippen LogP contribution in [-0.4, -0.2) is 6.04 Å². The standard InChI is InChI=1S/C14H19Cl2N/c1-10-5-7-12(8-6-10)17-9-11-3-2-4-13(15)14(11)16/h2-4,10,12,17H,5-9H2,1H3. The Morgan fingerprint density at radius 1 is 1.18 bits per heavy atom. The molecule has 0 bridgehead atoms. The van der Waals surface area contributed by atoms with Crippen LogP contribution in [0.25, 0.3) is 0 Å². The van der Waals surface area contributed by atoms with Gasteiger partial charge in [0.05, 0.1) is 10.0 Å². The van der Waals surface area contributed by atoms with Crippen LogP contribution < -0.4 is 5.32 Å². The van der Waals surface area contributed by atoms with Gasteiger partial charge in [-0.05, 0) is 43.2 Å². The van der Waals surface area contributed by atoms with Crippen molar-refractivity contribution in [3.8, 4) is 0 Å². The maximum atomic E-state index is 6.16. The van der Waals surface area contributed by atoms with Gasteiger partial charge in [-0.25, -0.2) is 0 Å². The second kappa shape index (κ2) is 6.08. The SMILES string of the molecule is CC1CCC(NCc2cccc(Cl)c2Cl)CC1. The topological polar surface area (TPSA) is 12.0 Å². The highest BCUT2D eigenvalue weighted by Gasteiger charge is 2.17. The Morgan fingerprint density at radius 3 is 2.59 bits per heavy atom. The van der Waals surface area contributed by atoms with E-state index in [1.165, 1.54) is 25.7 Å². The normalized spacial score (nSPS) is 24.9. The van der Waals surface area contributed by atoms with Gasteiger partial charge in [0.1, 0.15) is 0 Å². The minimum atomic E-state index is 0.640.